The molecule has 0 fully saturated rings. The van der Waals surface area contributed by atoms with Crippen LogP contribution < -0.4 is 0 Å². The van der Waals surface area contributed by atoms with Gasteiger partial charge in [-0.3, -0.25) is 0 Å². The molecule has 7 aromatic rings. The molecule has 7 rings (SSSR count). The molecule has 1 heterocycles. The van der Waals surface area contributed by atoms with Gasteiger partial charge in [-0.15, -0.1) is 0 Å². The summed E-state index contributed by atoms with van der Waals surface area (Å²) >= 11 is 6.38. The van der Waals surface area contributed by atoms with Gasteiger partial charge in [0.25, 0.3) is 0 Å². The third-order valence-electron chi connectivity index (χ3n) is 6.86. The van der Waals surface area contributed by atoms with Crippen LogP contribution in [-0.4, -0.2) is 15.0 Å². The highest BCUT2D eigenvalue weighted by Gasteiger charge is 2.15. The van der Waals surface area contributed by atoms with E-state index < -0.39 is 0 Å². The van der Waals surface area contributed by atoms with Crippen LogP contribution in [0.4, 0.5) is 0 Å². The van der Waals surface area contributed by atoms with Gasteiger partial charge in [-0.2, -0.15) is 9.97 Å². The second-order valence-electron chi connectivity index (χ2n) is 9.01. The molecule has 0 bridgehead atoms. The largest absolute Gasteiger partial charge is 0.226 e. The standard InChI is InChI=1S/C33H20ClN3/c34-33-36-31(21-10-2-1-3-11-21)35-32(37-33)29-17-9-4-12-23(29)22-18-19-28-26-15-6-5-13-24(26)25-14-7-8-16-27(25)30(28)20-22/h1-20H. The topological polar surface area (TPSA) is 38.7 Å². The van der Waals surface area contributed by atoms with Crippen molar-refractivity contribution in [2.24, 2.45) is 0 Å². The van der Waals surface area contributed by atoms with Gasteiger partial charge in [0, 0.05) is 11.1 Å². The van der Waals surface area contributed by atoms with Crippen molar-refractivity contribution in [3.05, 3.63) is 127 Å². The van der Waals surface area contributed by atoms with Crippen LogP contribution in [0.3, 0.4) is 0 Å². The molecule has 0 atom stereocenters. The summed E-state index contributed by atoms with van der Waals surface area (Å²) < 4.78 is 0. The Labute approximate surface area is 219 Å². The van der Waals surface area contributed by atoms with Gasteiger partial charge in [-0.25, -0.2) is 4.98 Å². The first-order valence-corrected chi connectivity index (χ1v) is 12.5. The average Bonchev–Trinajstić information content (AvgIpc) is 2.97. The van der Waals surface area contributed by atoms with Crippen LogP contribution in [0.1, 0.15) is 0 Å². The maximum absolute atomic E-state index is 6.38. The molecule has 0 N–H and O–H groups in total. The zero-order chi connectivity index (χ0) is 24.8. The predicted octanol–water partition coefficient (Wildman–Crippen LogP) is 8.99. The Kier molecular flexibility index (Phi) is 5.16. The summed E-state index contributed by atoms with van der Waals surface area (Å²) in [5, 5.41) is 7.66. The fourth-order valence-corrected chi connectivity index (χ4v) is 5.35. The van der Waals surface area contributed by atoms with Crippen LogP contribution in [0.2, 0.25) is 5.28 Å². The van der Waals surface area contributed by atoms with E-state index in [-0.39, 0.29) is 5.28 Å². The molecule has 0 saturated heterocycles. The summed E-state index contributed by atoms with van der Waals surface area (Å²) in [5.74, 6) is 1.11. The fourth-order valence-electron chi connectivity index (χ4n) is 5.19. The van der Waals surface area contributed by atoms with Crippen LogP contribution >= 0.6 is 11.6 Å². The van der Waals surface area contributed by atoms with Gasteiger partial charge in [-0.1, -0.05) is 115 Å². The summed E-state index contributed by atoms with van der Waals surface area (Å²) in [4.78, 5) is 13.7. The zero-order valence-electron chi connectivity index (χ0n) is 19.8. The second kappa shape index (κ2) is 8.81. The zero-order valence-corrected chi connectivity index (χ0v) is 20.5. The minimum atomic E-state index is 0.176. The molecule has 3 nitrogen and oxygen atoms in total. The molecule has 0 saturated carbocycles. The first kappa shape index (κ1) is 21.7. The first-order chi connectivity index (χ1) is 18.3. The van der Waals surface area contributed by atoms with Crippen molar-refractivity contribution in [1.82, 2.24) is 15.0 Å². The van der Waals surface area contributed by atoms with Gasteiger partial charge in [0.2, 0.25) is 5.28 Å². The van der Waals surface area contributed by atoms with Crippen molar-refractivity contribution in [3.63, 3.8) is 0 Å². The van der Waals surface area contributed by atoms with Gasteiger partial charge < -0.3 is 0 Å². The lowest BCUT2D eigenvalue weighted by Crippen LogP contribution is -1.98. The highest BCUT2D eigenvalue weighted by molar-refractivity contribution is 6.28. The number of hydrogen-bond donors (Lipinski definition) is 0. The van der Waals surface area contributed by atoms with Crippen LogP contribution in [0.5, 0.6) is 0 Å². The van der Waals surface area contributed by atoms with E-state index in [2.05, 4.69) is 82.8 Å². The minimum Gasteiger partial charge on any atom is -0.208 e. The lowest BCUT2D eigenvalue weighted by Gasteiger charge is -2.14. The minimum absolute atomic E-state index is 0.176. The highest BCUT2D eigenvalue weighted by Crippen LogP contribution is 2.39. The number of rotatable bonds is 3. The monoisotopic (exact) mass is 493 g/mol. The summed E-state index contributed by atoms with van der Waals surface area (Å²) in [7, 11) is 0. The van der Waals surface area contributed by atoms with E-state index in [1.165, 1.54) is 32.3 Å². The number of halogens is 1. The predicted molar refractivity (Wildman–Crippen MR) is 154 cm³/mol. The molecule has 4 heteroatoms. The van der Waals surface area contributed by atoms with Gasteiger partial charge in [0.05, 0.1) is 0 Å². The Balaban J connectivity index is 1.46. The van der Waals surface area contributed by atoms with Gasteiger partial charge in [-0.05, 0) is 61.1 Å². The van der Waals surface area contributed by atoms with Crippen molar-refractivity contribution in [2.75, 3.05) is 0 Å². The highest BCUT2D eigenvalue weighted by atomic mass is 35.5. The van der Waals surface area contributed by atoms with Crippen LogP contribution in [-0.2, 0) is 0 Å². The summed E-state index contributed by atoms with van der Waals surface area (Å²) in [6.45, 7) is 0. The Morgan fingerprint density at radius 2 is 0.892 bits per heavy atom. The molecule has 0 unspecified atom stereocenters. The summed E-state index contributed by atoms with van der Waals surface area (Å²) in [6, 6.07) is 42.0. The van der Waals surface area contributed by atoms with E-state index in [0.29, 0.717) is 11.6 Å². The summed E-state index contributed by atoms with van der Waals surface area (Å²) in [5.41, 5.74) is 3.95. The van der Waals surface area contributed by atoms with Gasteiger partial charge in [0.15, 0.2) is 11.6 Å². The third kappa shape index (κ3) is 3.72. The van der Waals surface area contributed by atoms with Crippen molar-refractivity contribution < 1.29 is 0 Å². The number of fused-ring (bicyclic) bond motifs is 6. The molecule has 6 aromatic carbocycles. The van der Waals surface area contributed by atoms with E-state index in [9.17, 15) is 0 Å². The summed E-state index contributed by atoms with van der Waals surface area (Å²) in [6.07, 6.45) is 0. The molecule has 0 spiro atoms. The molecule has 0 radical (unpaired) electrons. The Hall–Kier alpha value is -4.60. The van der Waals surface area contributed by atoms with Crippen molar-refractivity contribution in [3.8, 4) is 33.9 Å². The van der Waals surface area contributed by atoms with Crippen LogP contribution in [0.15, 0.2) is 121 Å². The lowest BCUT2D eigenvalue weighted by molar-refractivity contribution is 1.07. The van der Waals surface area contributed by atoms with Gasteiger partial charge in [0.1, 0.15) is 0 Å². The number of hydrogen-bond acceptors (Lipinski definition) is 3. The van der Waals surface area contributed by atoms with Crippen molar-refractivity contribution in [1.29, 1.82) is 0 Å². The lowest BCUT2D eigenvalue weighted by atomic mass is 9.91. The fraction of sp³-hybridized carbons (Fsp3) is 0. The molecule has 37 heavy (non-hydrogen) atoms. The molecule has 1 aromatic heterocycles. The Bertz CT molecular complexity index is 1910. The first-order valence-electron chi connectivity index (χ1n) is 12.2. The van der Waals surface area contributed by atoms with E-state index in [0.717, 1.165) is 22.3 Å². The smallest absolute Gasteiger partial charge is 0.208 e. The quantitative estimate of drug-likeness (QED) is 0.230. The molecular formula is C33H20ClN3. The Morgan fingerprint density at radius 3 is 1.57 bits per heavy atom. The van der Waals surface area contributed by atoms with Crippen LogP contribution in [0, 0.1) is 0 Å². The van der Waals surface area contributed by atoms with E-state index in [1.54, 1.807) is 0 Å². The maximum atomic E-state index is 6.38. The normalized spacial score (nSPS) is 11.4. The van der Waals surface area contributed by atoms with E-state index in [1.807, 2.05) is 48.5 Å². The molecule has 0 amide bonds. The second-order valence-corrected chi connectivity index (χ2v) is 9.35. The Morgan fingerprint density at radius 1 is 0.378 bits per heavy atom. The van der Waals surface area contributed by atoms with E-state index in [4.69, 9.17) is 16.6 Å². The number of benzene rings is 6. The molecule has 0 aliphatic rings. The molecule has 174 valence electrons. The van der Waals surface area contributed by atoms with Gasteiger partial charge >= 0.3 is 0 Å². The van der Waals surface area contributed by atoms with Crippen molar-refractivity contribution >= 4 is 43.9 Å². The molecule has 0 aliphatic heterocycles. The van der Waals surface area contributed by atoms with Crippen molar-refractivity contribution in [2.45, 2.75) is 0 Å². The number of nitrogens with zero attached hydrogens (tertiary/aromatic N) is 3. The maximum Gasteiger partial charge on any atom is 0.226 e. The van der Waals surface area contributed by atoms with E-state index >= 15 is 0 Å². The molecule has 0 aliphatic carbocycles. The van der Waals surface area contributed by atoms with Crippen LogP contribution in [0.25, 0.3) is 66.2 Å². The average molecular weight is 494 g/mol. The SMILES string of the molecule is Clc1nc(-c2ccccc2)nc(-c2ccccc2-c2ccc3c4ccccc4c4ccccc4c3c2)n1. The molecular weight excluding hydrogens is 474 g/mol. The third-order valence-corrected chi connectivity index (χ3v) is 7.03. The number of aromatic nitrogens is 3.